The first-order chi connectivity index (χ1) is 23.2. The number of aliphatic hydroxyl groups excluding tert-OH is 1. The van der Waals surface area contributed by atoms with Crippen LogP contribution in [0.5, 0.6) is 0 Å². The number of aromatic nitrogens is 1. The van der Waals surface area contributed by atoms with Gasteiger partial charge in [0.05, 0.1) is 31.8 Å². The van der Waals surface area contributed by atoms with Crippen LogP contribution in [0.25, 0.3) is 10.9 Å². The van der Waals surface area contributed by atoms with E-state index in [0.717, 1.165) is 43.6 Å². The zero-order valence-electron chi connectivity index (χ0n) is 30.5. The first-order valence-electron chi connectivity index (χ1n) is 17.9. The Bertz CT molecular complexity index is 1170. The summed E-state index contributed by atoms with van der Waals surface area (Å²) in [6.07, 6.45) is 13.7. The lowest BCUT2D eigenvalue weighted by molar-refractivity contribution is -0.130. The predicted molar refractivity (Wildman–Crippen MR) is 196 cm³/mol. The van der Waals surface area contributed by atoms with Crippen LogP contribution >= 0.6 is 0 Å². The van der Waals surface area contributed by atoms with Gasteiger partial charge in [0.2, 0.25) is 17.7 Å². The van der Waals surface area contributed by atoms with Crippen LogP contribution in [0.2, 0.25) is 0 Å². The van der Waals surface area contributed by atoms with Crippen molar-refractivity contribution in [3.63, 3.8) is 0 Å². The molecule has 2 aliphatic rings. The van der Waals surface area contributed by atoms with Gasteiger partial charge in [0.1, 0.15) is 13.2 Å². The van der Waals surface area contributed by atoms with Gasteiger partial charge in [-0.25, -0.2) is 0 Å². The van der Waals surface area contributed by atoms with Gasteiger partial charge >= 0.3 is 0 Å². The van der Waals surface area contributed by atoms with Crippen LogP contribution in [0.1, 0.15) is 97.5 Å². The highest BCUT2D eigenvalue weighted by Crippen LogP contribution is 2.21. The van der Waals surface area contributed by atoms with Crippen molar-refractivity contribution >= 4 is 28.6 Å². The molecule has 2 fully saturated rings. The molecule has 2 saturated heterocycles. The monoisotopic (exact) mass is 672 g/mol. The number of benzene rings is 1. The molecular weight excluding hydrogens is 608 g/mol. The summed E-state index contributed by atoms with van der Waals surface area (Å²) in [6, 6.07) is 8.50. The van der Waals surface area contributed by atoms with Crippen LogP contribution in [0.4, 0.5) is 0 Å². The molecule has 11 heteroatoms. The van der Waals surface area contributed by atoms with E-state index in [-0.39, 0.29) is 43.5 Å². The number of rotatable bonds is 10. The first-order valence-corrected chi connectivity index (χ1v) is 17.9. The number of hydrogen-bond acceptors (Lipinski definition) is 7. The average Bonchev–Trinajstić information content (AvgIpc) is 3.45. The van der Waals surface area contributed by atoms with Crippen LogP contribution in [-0.4, -0.2) is 91.0 Å². The van der Waals surface area contributed by atoms with Gasteiger partial charge in [-0.2, -0.15) is 4.73 Å². The largest absolute Gasteiger partial charge is 0.417 e. The summed E-state index contributed by atoms with van der Waals surface area (Å²) in [6.45, 7) is 16.7. The number of unbranched alkanes of at least 4 members (excludes halogenated alkanes) is 3. The van der Waals surface area contributed by atoms with E-state index < -0.39 is 0 Å². The second kappa shape index (κ2) is 25.4. The van der Waals surface area contributed by atoms with Gasteiger partial charge < -0.3 is 36.1 Å². The van der Waals surface area contributed by atoms with Gasteiger partial charge in [-0.05, 0) is 50.7 Å². The zero-order valence-corrected chi connectivity index (χ0v) is 30.5. The van der Waals surface area contributed by atoms with E-state index in [1.165, 1.54) is 55.9 Å². The number of nitrogens with zero attached hydrogens (tertiary/aromatic N) is 2. The Hall–Kier alpha value is -3.57. The van der Waals surface area contributed by atoms with Gasteiger partial charge in [-0.1, -0.05) is 84.6 Å². The fourth-order valence-electron chi connectivity index (χ4n) is 5.30. The Morgan fingerprint density at radius 1 is 0.958 bits per heavy atom. The van der Waals surface area contributed by atoms with E-state index in [1.807, 2.05) is 29.3 Å². The third kappa shape index (κ3) is 16.0. The number of para-hydroxylation sites is 1. The van der Waals surface area contributed by atoms with Crippen molar-refractivity contribution < 1.29 is 24.3 Å². The summed E-state index contributed by atoms with van der Waals surface area (Å²) < 4.78 is 1.78. The van der Waals surface area contributed by atoms with E-state index in [0.29, 0.717) is 12.6 Å². The number of amides is 3. The molecule has 0 aliphatic carbocycles. The minimum atomic E-state index is -0.366. The molecule has 2 aromatic rings. The molecule has 11 nitrogen and oxygen atoms in total. The number of aryl methyl sites for hydroxylation is 1. The topological polar surface area (TPSA) is 137 Å². The maximum absolute atomic E-state index is 12.2. The summed E-state index contributed by atoms with van der Waals surface area (Å²) in [7, 11) is 1.67. The molecule has 5 N–H and O–H groups in total. The molecule has 2 aliphatic heterocycles. The van der Waals surface area contributed by atoms with Gasteiger partial charge in [0, 0.05) is 36.4 Å². The molecule has 2 unspecified atom stereocenters. The van der Waals surface area contributed by atoms with Gasteiger partial charge in [-0.15, -0.1) is 0 Å². The standard InChI is InChI=1S/C13H20N4O3.C10H11NO.C10H23NO.C4H10/c1-9-6-14-11(18)7-15-12(19)8-16-13(20)10-4-2-3-5-17(9)10;1-8-7-11(12-2)10-6-4-3-5-9(8)10;1-3-5-6-7-10(4-2)11-8-9-12;1-3-4-2/h10H,1-8H2,(H,14,18)(H,15,19)(H,16,20);3-7H,1-2H3;10-12H,3-9H2,1-2H3;3-4H2,1-2H3. The number of carbonyl (C=O) groups is 3. The Balaban J connectivity index is 0.000000356. The van der Waals surface area contributed by atoms with Gasteiger partial charge in [-0.3, -0.25) is 14.4 Å². The molecule has 0 bridgehead atoms. The zero-order chi connectivity index (χ0) is 35.7. The molecule has 48 heavy (non-hydrogen) atoms. The van der Waals surface area contributed by atoms with Crippen LogP contribution in [-0.2, 0) is 14.4 Å². The minimum Gasteiger partial charge on any atom is -0.417 e. The highest BCUT2D eigenvalue weighted by Gasteiger charge is 2.30. The smallest absolute Gasteiger partial charge is 0.243 e. The van der Waals surface area contributed by atoms with E-state index in [9.17, 15) is 14.4 Å². The number of aliphatic hydroxyl groups is 1. The lowest BCUT2D eigenvalue weighted by Gasteiger charge is -2.37. The van der Waals surface area contributed by atoms with Crippen molar-refractivity contribution in [1.29, 1.82) is 0 Å². The second-order valence-electron chi connectivity index (χ2n) is 12.2. The van der Waals surface area contributed by atoms with Crippen molar-refractivity contribution in [3.05, 3.63) is 48.3 Å². The molecular formula is C37H64N6O5. The second-order valence-corrected chi connectivity index (χ2v) is 12.2. The van der Waals surface area contributed by atoms with Crippen molar-refractivity contribution in [2.45, 2.75) is 111 Å². The molecule has 272 valence electrons. The number of nitrogens with one attached hydrogen (secondary N) is 4. The van der Waals surface area contributed by atoms with Crippen molar-refractivity contribution in [2.75, 3.05) is 46.4 Å². The normalized spacial score (nSPS) is 17.2. The predicted octanol–water partition coefficient (Wildman–Crippen LogP) is 4.46. The van der Waals surface area contributed by atoms with E-state index in [4.69, 9.17) is 9.94 Å². The molecule has 0 saturated carbocycles. The van der Waals surface area contributed by atoms with Crippen molar-refractivity contribution in [1.82, 2.24) is 30.9 Å². The van der Waals surface area contributed by atoms with Gasteiger partial charge in [0.15, 0.2) is 0 Å². The average molecular weight is 673 g/mol. The van der Waals surface area contributed by atoms with Crippen molar-refractivity contribution in [3.8, 4) is 0 Å². The molecule has 3 amide bonds. The van der Waals surface area contributed by atoms with Crippen molar-refractivity contribution in [2.24, 2.45) is 0 Å². The highest BCUT2D eigenvalue weighted by atomic mass is 16.6. The fraction of sp³-hybridized carbons (Fsp3) is 0.649. The maximum Gasteiger partial charge on any atom is 0.243 e. The number of hydrogen-bond donors (Lipinski definition) is 5. The number of piperidine rings is 1. The quantitative estimate of drug-likeness (QED) is 0.235. The van der Waals surface area contributed by atoms with Crippen LogP contribution in [0.15, 0.2) is 42.7 Å². The van der Waals surface area contributed by atoms with Crippen LogP contribution in [0, 0.1) is 6.92 Å². The number of fused-ring (bicyclic) bond motifs is 2. The van der Waals surface area contributed by atoms with E-state index in [1.54, 1.807) is 11.8 Å². The SMILES string of the molecule is C=C1CNC(=O)CNC(=O)CNC(=O)C2CCCCN12.CCCC.CCCCCC(CC)NCCO.COn1cc(C)c2ccccc21. The molecule has 1 aromatic heterocycles. The van der Waals surface area contributed by atoms with Gasteiger partial charge in [0.25, 0.3) is 0 Å². The summed E-state index contributed by atoms with van der Waals surface area (Å²) in [4.78, 5) is 42.3. The third-order valence-electron chi connectivity index (χ3n) is 8.34. The third-order valence-corrected chi connectivity index (χ3v) is 8.34. The molecule has 3 heterocycles. The van der Waals surface area contributed by atoms with E-state index in [2.05, 4.69) is 68.5 Å². The number of carbonyl (C=O) groups excluding carboxylic acids is 3. The Kier molecular flexibility index (Phi) is 22.5. The lowest BCUT2D eigenvalue weighted by Crippen LogP contribution is -2.53. The molecule has 1 aromatic carbocycles. The summed E-state index contributed by atoms with van der Waals surface area (Å²) in [5.41, 5.74) is 3.09. The Labute approximate surface area is 289 Å². The lowest BCUT2D eigenvalue weighted by atomic mass is 10.0. The molecule has 2 atom stereocenters. The van der Waals surface area contributed by atoms with E-state index >= 15 is 0 Å². The Morgan fingerprint density at radius 2 is 1.62 bits per heavy atom. The Morgan fingerprint density at radius 3 is 2.25 bits per heavy atom. The molecule has 4 rings (SSSR count). The summed E-state index contributed by atoms with van der Waals surface area (Å²) >= 11 is 0. The molecule has 0 spiro atoms. The molecule has 0 radical (unpaired) electrons. The summed E-state index contributed by atoms with van der Waals surface area (Å²) in [5.74, 6) is -0.789. The minimum absolute atomic E-state index is 0.0919. The van der Waals surface area contributed by atoms with Crippen LogP contribution < -0.4 is 26.1 Å². The maximum atomic E-state index is 12.2. The highest BCUT2D eigenvalue weighted by molar-refractivity contribution is 5.90. The fourth-order valence-corrected chi connectivity index (χ4v) is 5.30. The first kappa shape index (κ1) is 42.5. The summed E-state index contributed by atoms with van der Waals surface area (Å²) in [5, 5.41) is 21.0. The van der Waals surface area contributed by atoms with Crippen LogP contribution in [0.3, 0.4) is 0 Å².